The molecule has 0 aliphatic carbocycles. The van der Waals surface area contributed by atoms with Crippen LogP contribution in [0.3, 0.4) is 0 Å². The highest BCUT2D eigenvalue weighted by molar-refractivity contribution is 5.33. The number of hydrogen-bond acceptors (Lipinski definition) is 2. The topological polar surface area (TPSA) is 36.7 Å². The normalized spacial score (nSPS) is 11.0. The molecule has 1 rings (SSSR count). The van der Waals surface area contributed by atoms with E-state index in [2.05, 4.69) is 4.98 Å². The second-order valence-electron chi connectivity index (χ2n) is 2.50. The Morgan fingerprint density at radius 1 is 1.46 bits per heavy atom. The van der Waals surface area contributed by atoms with E-state index in [0.717, 1.165) is 12.3 Å². The van der Waals surface area contributed by atoms with Gasteiger partial charge < -0.3 is 0 Å². The zero-order valence-corrected chi connectivity index (χ0v) is 6.68. The maximum Gasteiger partial charge on any atom is 0.433 e. The van der Waals surface area contributed by atoms with Gasteiger partial charge in [0.1, 0.15) is 11.8 Å². The first-order chi connectivity index (χ1) is 5.95. The summed E-state index contributed by atoms with van der Waals surface area (Å²) in [6, 6.07) is 2.88. The molecule has 13 heavy (non-hydrogen) atoms. The van der Waals surface area contributed by atoms with E-state index >= 15 is 0 Å². The Morgan fingerprint density at radius 2 is 2.08 bits per heavy atom. The lowest BCUT2D eigenvalue weighted by atomic mass is 10.1. The predicted molar refractivity (Wildman–Crippen MR) is 38.7 cm³/mol. The molecule has 1 heterocycles. The first-order valence-corrected chi connectivity index (χ1v) is 3.39. The van der Waals surface area contributed by atoms with Crippen molar-refractivity contribution in [1.82, 2.24) is 4.98 Å². The first-order valence-electron chi connectivity index (χ1n) is 3.39. The summed E-state index contributed by atoms with van der Waals surface area (Å²) in [5, 5.41) is 8.38. The Labute approximate surface area is 72.6 Å². The van der Waals surface area contributed by atoms with Gasteiger partial charge in [-0.05, 0) is 18.6 Å². The Morgan fingerprint density at radius 3 is 2.46 bits per heavy atom. The molecule has 0 radical (unpaired) electrons. The molecular formula is C8H5F3N2. The lowest BCUT2D eigenvalue weighted by Crippen LogP contribution is -2.10. The van der Waals surface area contributed by atoms with Crippen molar-refractivity contribution in [2.75, 3.05) is 0 Å². The zero-order chi connectivity index (χ0) is 10.1. The van der Waals surface area contributed by atoms with Gasteiger partial charge in [0.2, 0.25) is 0 Å². The van der Waals surface area contributed by atoms with Crippen LogP contribution >= 0.6 is 0 Å². The van der Waals surface area contributed by atoms with Gasteiger partial charge in [0.25, 0.3) is 0 Å². The molecule has 0 fully saturated rings. The molecule has 0 aliphatic rings. The molecule has 0 aromatic carbocycles. The van der Waals surface area contributed by atoms with Crippen LogP contribution < -0.4 is 0 Å². The number of pyridine rings is 1. The van der Waals surface area contributed by atoms with Gasteiger partial charge in [-0.15, -0.1) is 0 Å². The summed E-state index contributed by atoms with van der Waals surface area (Å²) in [4.78, 5) is 3.17. The van der Waals surface area contributed by atoms with Gasteiger partial charge in [-0.2, -0.15) is 18.4 Å². The first kappa shape index (κ1) is 9.52. The molecule has 2 nitrogen and oxygen atoms in total. The van der Waals surface area contributed by atoms with Gasteiger partial charge in [-0.3, -0.25) is 4.98 Å². The summed E-state index contributed by atoms with van der Waals surface area (Å²) in [7, 11) is 0. The molecule has 0 saturated heterocycles. The van der Waals surface area contributed by atoms with Crippen molar-refractivity contribution in [1.29, 1.82) is 5.26 Å². The van der Waals surface area contributed by atoms with Crippen LogP contribution in [-0.4, -0.2) is 4.98 Å². The molecule has 1 aromatic rings. The Hall–Kier alpha value is -1.57. The molecule has 0 amide bonds. The molecule has 68 valence electrons. The van der Waals surface area contributed by atoms with E-state index in [1.807, 2.05) is 0 Å². The molecule has 0 bridgehead atoms. The van der Waals surface area contributed by atoms with E-state index in [1.54, 1.807) is 6.07 Å². The van der Waals surface area contributed by atoms with Crippen molar-refractivity contribution in [3.63, 3.8) is 0 Å². The van der Waals surface area contributed by atoms with Crippen molar-refractivity contribution in [2.45, 2.75) is 13.1 Å². The van der Waals surface area contributed by atoms with Crippen molar-refractivity contribution < 1.29 is 13.2 Å². The average Bonchev–Trinajstić information content (AvgIpc) is 2.01. The van der Waals surface area contributed by atoms with Crippen LogP contribution in [0.4, 0.5) is 13.2 Å². The van der Waals surface area contributed by atoms with E-state index < -0.39 is 11.9 Å². The average molecular weight is 186 g/mol. The molecule has 1 aromatic heterocycles. The quantitative estimate of drug-likeness (QED) is 0.623. The third-order valence-electron chi connectivity index (χ3n) is 1.48. The Kier molecular flexibility index (Phi) is 2.24. The van der Waals surface area contributed by atoms with Crippen LogP contribution in [0, 0.1) is 18.3 Å². The maximum absolute atomic E-state index is 12.1. The summed E-state index contributed by atoms with van der Waals surface area (Å²) in [5.41, 5.74) is -0.844. The fourth-order valence-corrected chi connectivity index (χ4v) is 0.933. The second kappa shape index (κ2) is 3.05. The fourth-order valence-electron chi connectivity index (χ4n) is 0.933. The van der Waals surface area contributed by atoms with Gasteiger partial charge in [0.05, 0.1) is 5.56 Å². The van der Waals surface area contributed by atoms with Gasteiger partial charge in [0.15, 0.2) is 0 Å². The van der Waals surface area contributed by atoms with Crippen molar-refractivity contribution in [3.8, 4) is 6.07 Å². The number of halogens is 3. The largest absolute Gasteiger partial charge is 0.433 e. The molecule has 0 N–H and O–H groups in total. The van der Waals surface area contributed by atoms with Crippen molar-refractivity contribution in [2.24, 2.45) is 0 Å². The summed E-state index contributed by atoms with van der Waals surface area (Å²) in [6.07, 6.45) is -3.53. The van der Waals surface area contributed by atoms with E-state index in [4.69, 9.17) is 5.26 Å². The number of nitrogens with zero attached hydrogens (tertiary/aromatic N) is 2. The predicted octanol–water partition coefficient (Wildman–Crippen LogP) is 2.28. The molecule has 0 saturated carbocycles. The highest BCUT2D eigenvalue weighted by atomic mass is 19.4. The van der Waals surface area contributed by atoms with E-state index in [9.17, 15) is 13.2 Å². The van der Waals surface area contributed by atoms with Gasteiger partial charge in [-0.1, -0.05) is 0 Å². The standard InChI is InChI=1S/C8H5F3N2/c1-5-2-6(3-12)4-13-7(5)8(9,10)11/h2,4H,1H3. The summed E-state index contributed by atoms with van der Waals surface area (Å²) < 4.78 is 36.4. The zero-order valence-electron chi connectivity index (χ0n) is 6.68. The highest BCUT2D eigenvalue weighted by Crippen LogP contribution is 2.29. The van der Waals surface area contributed by atoms with Crippen LogP contribution in [0.25, 0.3) is 0 Å². The van der Waals surface area contributed by atoms with Crippen LogP contribution in [0.5, 0.6) is 0 Å². The molecule has 0 spiro atoms. The summed E-state index contributed by atoms with van der Waals surface area (Å²) in [6.45, 7) is 1.27. The van der Waals surface area contributed by atoms with Crippen LogP contribution in [0.2, 0.25) is 0 Å². The monoisotopic (exact) mass is 186 g/mol. The number of alkyl halides is 3. The summed E-state index contributed by atoms with van der Waals surface area (Å²) in [5.74, 6) is 0. The van der Waals surface area contributed by atoms with E-state index in [-0.39, 0.29) is 11.1 Å². The third-order valence-corrected chi connectivity index (χ3v) is 1.48. The maximum atomic E-state index is 12.1. The Balaban J connectivity index is 3.23. The smallest absolute Gasteiger partial charge is 0.250 e. The van der Waals surface area contributed by atoms with Gasteiger partial charge >= 0.3 is 6.18 Å². The van der Waals surface area contributed by atoms with Crippen LogP contribution in [0.15, 0.2) is 12.3 Å². The lowest BCUT2D eigenvalue weighted by molar-refractivity contribution is -0.141. The molecule has 0 unspecified atom stereocenters. The van der Waals surface area contributed by atoms with Crippen LogP contribution in [0.1, 0.15) is 16.8 Å². The third kappa shape index (κ3) is 1.96. The molecular weight excluding hydrogens is 181 g/mol. The fraction of sp³-hybridized carbons (Fsp3) is 0.250. The van der Waals surface area contributed by atoms with E-state index in [1.165, 1.54) is 6.92 Å². The van der Waals surface area contributed by atoms with Gasteiger partial charge in [-0.25, -0.2) is 0 Å². The summed E-state index contributed by atoms with van der Waals surface area (Å²) >= 11 is 0. The van der Waals surface area contributed by atoms with Crippen molar-refractivity contribution in [3.05, 3.63) is 29.1 Å². The van der Waals surface area contributed by atoms with Crippen LogP contribution in [-0.2, 0) is 6.18 Å². The number of nitriles is 1. The number of hydrogen-bond donors (Lipinski definition) is 0. The minimum atomic E-state index is -4.45. The number of rotatable bonds is 0. The molecule has 5 heteroatoms. The second-order valence-corrected chi connectivity index (χ2v) is 2.50. The van der Waals surface area contributed by atoms with E-state index in [0.29, 0.717) is 0 Å². The SMILES string of the molecule is Cc1cc(C#N)cnc1C(F)(F)F. The van der Waals surface area contributed by atoms with Gasteiger partial charge in [0, 0.05) is 6.20 Å². The van der Waals surface area contributed by atoms with Crippen molar-refractivity contribution >= 4 is 0 Å². The molecule has 0 aliphatic heterocycles. The number of aryl methyl sites for hydroxylation is 1. The Bertz CT molecular complexity index is 363. The minimum Gasteiger partial charge on any atom is -0.250 e. The molecule has 0 atom stereocenters. The highest BCUT2D eigenvalue weighted by Gasteiger charge is 2.34. The minimum absolute atomic E-state index is 0.0356. The lowest BCUT2D eigenvalue weighted by Gasteiger charge is -2.07. The number of aromatic nitrogens is 1.